The van der Waals surface area contributed by atoms with Gasteiger partial charge in [0.1, 0.15) is 6.73 Å². The molecule has 1 atom stereocenters. The molecular weight excluding hydrogens is 226 g/mol. The fraction of sp³-hybridized carbons (Fsp3) is 0.455. The van der Waals surface area contributed by atoms with E-state index in [2.05, 4.69) is 0 Å². The molecule has 1 aromatic rings. The monoisotopic (exact) mass is 241 g/mol. The molecule has 0 aliphatic carbocycles. The van der Waals surface area contributed by atoms with Gasteiger partial charge in [0.05, 0.1) is 11.9 Å². The molecule has 0 radical (unpaired) electrons. The summed E-state index contributed by atoms with van der Waals surface area (Å²) in [6.45, 7) is 2.22. The van der Waals surface area contributed by atoms with Gasteiger partial charge in [-0.05, 0) is 12.5 Å². The van der Waals surface area contributed by atoms with Crippen LogP contribution in [0.25, 0.3) is 0 Å². The summed E-state index contributed by atoms with van der Waals surface area (Å²) in [6, 6.07) is 9.68. The molecule has 1 unspecified atom stereocenters. The lowest BCUT2D eigenvalue weighted by molar-refractivity contribution is 0.104. The molecule has 4 nitrogen and oxygen atoms in total. The van der Waals surface area contributed by atoms with Gasteiger partial charge >= 0.3 is 0 Å². The predicted molar refractivity (Wildman–Crippen MR) is 61.3 cm³/mol. The molecule has 88 valence electrons. The molecule has 0 amide bonds. The van der Waals surface area contributed by atoms with Gasteiger partial charge in [0.25, 0.3) is 0 Å². The van der Waals surface area contributed by atoms with Gasteiger partial charge in [-0.3, -0.25) is 0 Å². The van der Waals surface area contributed by atoms with E-state index >= 15 is 0 Å². The first-order valence-electron chi connectivity index (χ1n) is 5.28. The molecule has 1 fully saturated rings. The minimum absolute atomic E-state index is 0.123. The Balaban J connectivity index is 2.10. The third-order valence-corrected chi connectivity index (χ3v) is 4.49. The third kappa shape index (κ3) is 2.26. The number of hydrogen-bond acceptors (Lipinski definition) is 3. The molecule has 0 aromatic heterocycles. The summed E-state index contributed by atoms with van der Waals surface area (Å²) >= 11 is 0. The van der Waals surface area contributed by atoms with Crippen LogP contribution >= 0.6 is 0 Å². The summed E-state index contributed by atoms with van der Waals surface area (Å²) in [5, 5.41) is 0. The molecule has 0 bridgehead atoms. The van der Waals surface area contributed by atoms with Gasteiger partial charge in [0.2, 0.25) is 10.0 Å². The van der Waals surface area contributed by atoms with Crippen molar-refractivity contribution in [2.75, 3.05) is 19.0 Å². The highest BCUT2D eigenvalue weighted by Gasteiger charge is 2.31. The van der Waals surface area contributed by atoms with Gasteiger partial charge in [-0.15, -0.1) is 0 Å². The molecule has 0 spiro atoms. The zero-order valence-electron chi connectivity index (χ0n) is 9.17. The number of sulfonamides is 1. The van der Waals surface area contributed by atoms with E-state index in [0.717, 1.165) is 5.56 Å². The topological polar surface area (TPSA) is 46.6 Å². The first-order chi connectivity index (χ1) is 7.63. The number of nitrogens with zero attached hydrogens (tertiary/aromatic N) is 1. The van der Waals surface area contributed by atoms with Gasteiger partial charge < -0.3 is 4.74 Å². The van der Waals surface area contributed by atoms with Crippen LogP contribution in [-0.2, 0) is 14.8 Å². The molecular formula is C11H15NO3S. The van der Waals surface area contributed by atoms with E-state index in [0.29, 0.717) is 6.54 Å². The van der Waals surface area contributed by atoms with Crippen molar-refractivity contribution in [1.82, 2.24) is 4.31 Å². The number of benzene rings is 1. The Hall–Kier alpha value is -0.910. The lowest BCUT2D eigenvalue weighted by Crippen LogP contribution is -2.30. The van der Waals surface area contributed by atoms with Gasteiger partial charge in [-0.25, -0.2) is 8.42 Å². The van der Waals surface area contributed by atoms with Gasteiger partial charge in [-0.2, -0.15) is 4.31 Å². The van der Waals surface area contributed by atoms with Crippen LogP contribution in [-0.4, -0.2) is 31.8 Å². The van der Waals surface area contributed by atoms with E-state index in [1.807, 2.05) is 30.3 Å². The van der Waals surface area contributed by atoms with Crippen LogP contribution in [0.15, 0.2) is 30.3 Å². The summed E-state index contributed by atoms with van der Waals surface area (Å²) in [4.78, 5) is 0. The quantitative estimate of drug-likeness (QED) is 0.803. The van der Waals surface area contributed by atoms with Crippen molar-refractivity contribution in [1.29, 1.82) is 0 Å². The standard InChI is InChI=1S/C11H15NO3S/c1-2-16(13,14)12-8-11(15-9-12)10-6-4-3-5-7-10/h3-7,11H,2,8-9H2,1H3. The first kappa shape index (κ1) is 11.6. The van der Waals surface area contributed by atoms with Crippen LogP contribution < -0.4 is 0 Å². The van der Waals surface area contributed by atoms with E-state index in [4.69, 9.17) is 4.74 Å². The Morgan fingerprint density at radius 2 is 2.06 bits per heavy atom. The lowest BCUT2D eigenvalue weighted by atomic mass is 10.1. The van der Waals surface area contributed by atoms with Crippen molar-refractivity contribution in [2.45, 2.75) is 13.0 Å². The maximum Gasteiger partial charge on any atom is 0.215 e. The van der Waals surface area contributed by atoms with Crippen molar-refractivity contribution >= 4 is 10.0 Å². The number of hydrogen-bond donors (Lipinski definition) is 0. The van der Waals surface area contributed by atoms with Crippen LogP contribution in [0, 0.1) is 0 Å². The molecule has 1 heterocycles. The van der Waals surface area contributed by atoms with Crippen LogP contribution in [0.2, 0.25) is 0 Å². The normalized spacial score (nSPS) is 22.4. The second kappa shape index (κ2) is 4.53. The average molecular weight is 241 g/mol. The SMILES string of the molecule is CCS(=O)(=O)N1COC(c2ccccc2)C1. The zero-order valence-corrected chi connectivity index (χ0v) is 9.98. The maximum absolute atomic E-state index is 11.6. The van der Waals surface area contributed by atoms with Crippen LogP contribution in [0.4, 0.5) is 0 Å². The first-order valence-corrected chi connectivity index (χ1v) is 6.89. The number of ether oxygens (including phenoxy) is 1. The van der Waals surface area contributed by atoms with Crippen molar-refractivity contribution in [2.24, 2.45) is 0 Å². The highest BCUT2D eigenvalue weighted by Crippen LogP contribution is 2.25. The second-order valence-corrected chi connectivity index (χ2v) is 5.99. The smallest absolute Gasteiger partial charge is 0.215 e. The highest BCUT2D eigenvalue weighted by molar-refractivity contribution is 7.89. The number of rotatable bonds is 3. The second-order valence-electron chi connectivity index (χ2n) is 3.73. The molecule has 5 heteroatoms. The van der Waals surface area contributed by atoms with E-state index in [1.165, 1.54) is 4.31 Å². The van der Waals surface area contributed by atoms with Crippen molar-refractivity contribution in [3.05, 3.63) is 35.9 Å². The average Bonchev–Trinajstić information content (AvgIpc) is 2.80. The minimum atomic E-state index is -3.13. The molecule has 0 saturated carbocycles. The molecule has 1 aromatic carbocycles. The molecule has 1 saturated heterocycles. The van der Waals surface area contributed by atoms with Gasteiger partial charge in [0.15, 0.2) is 0 Å². The Morgan fingerprint density at radius 1 is 1.38 bits per heavy atom. The molecule has 1 aliphatic heterocycles. The predicted octanol–water partition coefficient (Wildman–Crippen LogP) is 1.37. The van der Waals surface area contributed by atoms with Crippen LogP contribution in [0.5, 0.6) is 0 Å². The van der Waals surface area contributed by atoms with Crippen LogP contribution in [0.1, 0.15) is 18.6 Å². The molecule has 0 N–H and O–H groups in total. The van der Waals surface area contributed by atoms with Crippen LogP contribution in [0.3, 0.4) is 0 Å². The van der Waals surface area contributed by atoms with Gasteiger partial charge in [-0.1, -0.05) is 30.3 Å². The summed E-state index contributed by atoms with van der Waals surface area (Å²) in [5.74, 6) is 0.123. The van der Waals surface area contributed by atoms with E-state index in [-0.39, 0.29) is 18.6 Å². The summed E-state index contributed by atoms with van der Waals surface area (Å²) in [5.41, 5.74) is 1.02. The van der Waals surface area contributed by atoms with Crippen molar-refractivity contribution in [3.63, 3.8) is 0 Å². The fourth-order valence-corrected chi connectivity index (χ4v) is 2.66. The Bertz CT molecular complexity index is 444. The van der Waals surface area contributed by atoms with Crippen molar-refractivity contribution < 1.29 is 13.2 Å². The van der Waals surface area contributed by atoms with Gasteiger partial charge in [0, 0.05) is 6.54 Å². The molecule has 1 aliphatic rings. The Kier molecular flexibility index (Phi) is 3.28. The highest BCUT2D eigenvalue weighted by atomic mass is 32.2. The van der Waals surface area contributed by atoms with E-state index in [1.54, 1.807) is 6.92 Å². The summed E-state index contributed by atoms with van der Waals surface area (Å²) in [6.07, 6.45) is -0.137. The van der Waals surface area contributed by atoms with Crippen molar-refractivity contribution in [3.8, 4) is 0 Å². The maximum atomic E-state index is 11.6. The molecule has 16 heavy (non-hydrogen) atoms. The summed E-state index contributed by atoms with van der Waals surface area (Å²) in [7, 11) is -3.13. The Labute approximate surface area is 95.9 Å². The Morgan fingerprint density at radius 3 is 2.69 bits per heavy atom. The van der Waals surface area contributed by atoms with E-state index in [9.17, 15) is 8.42 Å². The zero-order chi connectivity index (χ0) is 11.6. The minimum Gasteiger partial charge on any atom is -0.356 e. The summed E-state index contributed by atoms with van der Waals surface area (Å²) < 4.78 is 30.1. The fourth-order valence-electron chi connectivity index (χ4n) is 1.71. The lowest BCUT2D eigenvalue weighted by Gasteiger charge is -2.12. The third-order valence-electron chi connectivity index (χ3n) is 2.72. The van der Waals surface area contributed by atoms with E-state index < -0.39 is 10.0 Å². The molecule has 2 rings (SSSR count). The largest absolute Gasteiger partial charge is 0.356 e.